The summed E-state index contributed by atoms with van der Waals surface area (Å²) in [6, 6.07) is 15.8. The van der Waals surface area contributed by atoms with Crippen molar-refractivity contribution < 1.29 is 14.0 Å². The number of carbonyl (C=O) groups excluding carboxylic acids is 2. The fraction of sp³-hybridized carbons (Fsp3) is 0.0952. The van der Waals surface area contributed by atoms with Crippen LogP contribution in [-0.4, -0.2) is 16.9 Å². The van der Waals surface area contributed by atoms with Gasteiger partial charge in [-0.1, -0.05) is 18.2 Å². The van der Waals surface area contributed by atoms with Crippen molar-refractivity contribution in [3.63, 3.8) is 0 Å². The van der Waals surface area contributed by atoms with Crippen molar-refractivity contribution in [2.45, 2.75) is 13.1 Å². The van der Waals surface area contributed by atoms with Crippen LogP contribution in [0.1, 0.15) is 21.5 Å². The van der Waals surface area contributed by atoms with E-state index < -0.39 is 0 Å². The van der Waals surface area contributed by atoms with Gasteiger partial charge in [0.15, 0.2) is 0 Å². The fourth-order valence-electron chi connectivity index (χ4n) is 2.45. The Bertz CT molecular complexity index is 929. The van der Waals surface area contributed by atoms with Crippen LogP contribution in [-0.2, 0) is 13.1 Å². The number of amides is 3. The van der Waals surface area contributed by atoms with E-state index in [-0.39, 0.29) is 17.8 Å². The third-order valence-electron chi connectivity index (χ3n) is 3.95. The topological polar surface area (TPSA) is 83.1 Å². The Morgan fingerprint density at radius 3 is 2.25 bits per heavy atom. The SMILES string of the molecule is O=C(NCc1cccnc1)Nc1ccc(C(=O)NCc2ccc(F)cc2)cc1. The molecule has 0 aliphatic heterocycles. The van der Waals surface area contributed by atoms with Crippen LogP contribution in [0.3, 0.4) is 0 Å². The number of halogens is 1. The Kier molecular flexibility index (Phi) is 6.30. The van der Waals surface area contributed by atoms with Gasteiger partial charge in [-0.3, -0.25) is 9.78 Å². The maximum absolute atomic E-state index is 12.9. The zero-order valence-corrected chi connectivity index (χ0v) is 15.0. The molecule has 0 saturated carbocycles. The van der Waals surface area contributed by atoms with Crippen LogP contribution in [0.5, 0.6) is 0 Å². The fourth-order valence-corrected chi connectivity index (χ4v) is 2.45. The Labute approximate surface area is 161 Å². The first-order chi connectivity index (χ1) is 13.6. The second-order valence-electron chi connectivity index (χ2n) is 6.06. The minimum absolute atomic E-state index is 0.253. The Morgan fingerprint density at radius 2 is 1.57 bits per heavy atom. The van der Waals surface area contributed by atoms with E-state index >= 15 is 0 Å². The van der Waals surface area contributed by atoms with Gasteiger partial charge in [-0.05, 0) is 53.6 Å². The summed E-state index contributed by atoms with van der Waals surface area (Å²) >= 11 is 0. The van der Waals surface area contributed by atoms with Crippen molar-refractivity contribution in [1.82, 2.24) is 15.6 Å². The van der Waals surface area contributed by atoms with Crippen LogP contribution in [0.25, 0.3) is 0 Å². The molecule has 28 heavy (non-hydrogen) atoms. The van der Waals surface area contributed by atoms with E-state index in [0.717, 1.165) is 11.1 Å². The number of nitrogens with zero attached hydrogens (tertiary/aromatic N) is 1. The second kappa shape index (κ2) is 9.27. The summed E-state index contributed by atoms with van der Waals surface area (Å²) in [5.74, 6) is -0.570. The number of pyridine rings is 1. The molecule has 3 aromatic rings. The van der Waals surface area contributed by atoms with Crippen molar-refractivity contribution in [1.29, 1.82) is 0 Å². The summed E-state index contributed by atoms with van der Waals surface area (Å²) in [5, 5.41) is 8.20. The molecule has 0 spiro atoms. The summed E-state index contributed by atoms with van der Waals surface area (Å²) < 4.78 is 12.9. The highest BCUT2D eigenvalue weighted by atomic mass is 19.1. The molecular formula is C21H19FN4O2. The summed E-state index contributed by atoms with van der Waals surface area (Å²) in [4.78, 5) is 28.1. The van der Waals surface area contributed by atoms with E-state index in [9.17, 15) is 14.0 Å². The first kappa shape index (κ1) is 19.0. The minimum Gasteiger partial charge on any atom is -0.348 e. The minimum atomic E-state index is -0.350. The van der Waals surface area contributed by atoms with E-state index in [1.165, 1.54) is 12.1 Å². The molecule has 0 aliphatic rings. The van der Waals surface area contributed by atoms with E-state index in [2.05, 4.69) is 20.9 Å². The molecule has 0 fully saturated rings. The summed E-state index contributed by atoms with van der Waals surface area (Å²) in [6.45, 7) is 0.666. The molecule has 142 valence electrons. The molecule has 2 aromatic carbocycles. The van der Waals surface area contributed by atoms with Gasteiger partial charge in [0.05, 0.1) is 0 Å². The standard InChI is InChI=1S/C21H19FN4O2/c22-18-7-3-15(4-8-18)13-24-20(27)17-5-9-19(10-6-17)26-21(28)25-14-16-2-1-11-23-12-16/h1-12H,13-14H2,(H,24,27)(H2,25,26,28). The van der Waals surface area contributed by atoms with Crippen molar-refractivity contribution in [3.8, 4) is 0 Å². The first-order valence-electron chi connectivity index (χ1n) is 8.66. The van der Waals surface area contributed by atoms with Crippen molar-refractivity contribution >= 4 is 17.6 Å². The van der Waals surface area contributed by atoms with Gasteiger partial charge in [0.25, 0.3) is 5.91 Å². The molecule has 0 aliphatic carbocycles. The number of aromatic nitrogens is 1. The van der Waals surface area contributed by atoms with Crippen LogP contribution in [0.4, 0.5) is 14.9 Å². The number of benzene rings is 2. The highest BCUT2D eigenvalue weighted by molar-refractivity contribution is 5.95. The Balaban J connectivity index is 1.47. The lowest BCUT2D eigenvalue weighted by atomic mass is 10.1. The number of hydrogen-bond acceptors (Lipinski definition) is 3. The van der Waals surface area contributed by atoms with E-state index in [1.54, 1.807) is 54.9 Å². The van der Waals surface area contributed by atoms with Crippen LogP contribution in [0.15, 0.2) is 73.1 Å². The molecule has 3 rings (SSSR count). The van der Waals surface area contributed by atoms with Crippen LogP contribution >= 0.6 is 0 Å². The van der Waals surface area contributed by atoms with E-state index in [1.807, 2.05) is 6.07 Å². The van der Waals surface area contributed by atoms with Crippen molar-refractivity contribution in [2.24, 2.45) is 0 Å². The highest BCUT2D eigenvalue weighted by Gasteiger charge is 2.07. The van der Waals surface area contributed by atoms with Gasteiger partial charge in [-0.2, -0.15) is 0 Å². The summed E-state index contributed by atoms with van der Waals surface area (Å²) in [5.41, 5.74) is 2.73. The normalized spacial score (nSPS) is 10.2. The third-order valence-corrected chi connectivity index (χ3v) is 3.95. The molecule has 3 amide bonds. The predicted octanol–water partition coefficient (Wildman–Crippen LogP) is 3.47. The van der Waals surface area contributed by atoms with E-state index in [0.29, 0.717) is 24.3 Å². The van der Waals surface area contributed by atoms with Crippen LogP contribution in [0, 0.1) is 5.82 Å². The van der Waals surface area contributed by atoms with Crippen LogP contribution < -0.4 is 16.0 Å². The maximum Gasteiger partial charge on any atom is 0.319 e. The number of hydrogen-bond donors (Lipinski definition) is 3. The van der Waals surface area contributed by atoms with E-state index in [4.69, 9.17) is 0 Å². The first-order valence-corrected chi connectivity index (χ1v) is 8.66. The molecule has 0 saturated heterocycles. The molecular weight excluding hydrogens is 359 g/mol. The summed E-state index contributed by atoms with van der Waals surface area (Å²) in [7, 11) is 0. The maximum atomic E-state index is 12.9. The molecule has 0 bridgehead atoms. The molecule has 0 unspecified atom stereocenters. The number of anilines is 1. The lowest BCUT2D eigenvalue weighted by Crippen LogP contribution is -2.28. The third kappa shape index (κ3) is 5.63. The lowest BCUT2D eigenvalue weighted by molar-refractivity contribution is 0.0951. The molecule has 3 N–H and O–H groups in total. The molecule has 0 radical (unpaired) electrons. The largest absolute Gasteiger partial charge is 0.348 e. The van der Waals surface area contributed by atoms with Gasteiger partial charge in [0.2, 0.25) is 0 Å². The molecule has 0 atom stereocenters. The van der Waals surface area contributed by atoms with Gasteiger partial charge < -0.3 is 16.0 Å². The number of rotatable bonds is 6. The van der Waals surface area contributed by atoms with Crippen molar-refractivity contribution in [3.05, 3.63) is 95.6 Å². The second-order valence-corrected chi connectivity index (χ2v) is 6.06. The van der Waals surface area contributed by atoms with Crippen molar-refractivity contribution in [2.75, 3.05) is 5.32 Å². The number of nitrogens with one attached hydrogen (secondary N) is 3. The number of urea groups is 1. The summed E-state index contributed by atoms with van der Waals surface area (Å²) in [6.07, 6.45) is 3.35. The Morgan fingerprint density at radius 1 is 0.857 bits per heavy atom. The van der Waals surface area contributed by atoms with Gasteiger partial charge in [-0.25, -0.2) is 9.18 Å². The Hall–Kier alpha value is -3.74. The molecule has 7 heteroatoms. The van der Waals surface area contributed by atoms with Gasteiger partial charge in [0, 0.05) is 36.7 Å². The monoisotopic (exact) mass is 378 g/mol. The van der Waals surface area contributed by atoms with Gasteiger partial charge in [0.1, 0.15) is 5.82 Å². The quantitative estimate of drug-likeness (QED) is 0.614. The van der Waals surface area contributed by atoms with Gasteiger partial charge >= 0.3 is 6.03 Å². The smallest absolute Gasteiger partial charge is 0.319 e. The molecule has 1 heterocycles. The zero-order chi connectivity index (χ0) is 19.8. The van der Waals surface area contributed by atoms with Crippen LogP contribution in [0.2, 0.25) is 0 Å². The molecule has 1 aromatic heterocycles. The molecule has 6 nitrogen and oxygen atoms in total. The predicted molar refractivity (Wildman–Crippen MR) is 104 cm³/mol. The van der Waals surface area contributed by atoms with Gasteiger partial charge in [-0.15, -0.1) is 0 Å². The average Bonchev–Trinajstić information content (AvgIpc) is 2.73. The zero-order valence-electron chi connectivity index (χ0n) is 15.0. The number of carbonyl (C=O) groups is 2. The average molecular weight is 378 g/mol. The highest BCUT2D eigenvalue weighted by Crippen LogP contribution is 2.10. The lowest BCUT2D eigenvalue weighted by Gasteiger charge is -2.09.